The van der Waals surface area contributed by atoms with Gasteiger partial charge in [-0.15, -0.1) is 0 Å². The van der Waals surface area contributed by atoms with Gasteiger partial charge in [-0.05, 0) is 43.2 Å². The van der Waals surface area contributed by atoms with Crippen LogP contribution in [0.5, 0.6) is 0 Å². The molecule has 2 rings (SSSR count). The molecule has 4 nitrogen and oxygen atoms in total. The molecule has 18 heavy (non-hydrogen) atoms. The van der Waals surface area contributed by atoms with E-state index in [-0.39, 0.29) is 5.91 Å². The Morgan fingerprint density at radius 2 is 2.11 bits per heavy atom. The van der Waals surface area contributed by atoms with E-state index in [4.69, 9.17) is 5.73 Å². The van der Waals surface area contributed by atoms with Gasteiger partial charge in [0.1, 0.15) is 5.82 Å². The second-order valence-corrected chi connectivity index (χ2v) is 5.88. The summed E-state index contributed by atoms with van der Waals surface area (Å²) < 4.78 is 0. The quantitative estimate of drug-likeness (QED) is 0.843. The summed E-state index contributed by atoms with van der Waals surface area (Å²) in [6.45, 7) is 4.57. The van der Waals surface area contributed by atoms with Gasteiger partial charge in [0.05, 0.1) is 0 Å². The molecule has 1 amide bonds. The van der Waals surface area contributed by atoms with Crippen LogP contribution in [0.25, 0.3) is 0 Å². The number of carbonyl (C=O) groups is 1. The monoisotopic (exact) mass is 247 g/mol. The summed E-state index contributed by atoms with van der Waals surface area (Å²) in [7, 11) is 0. The predicted octanol–water partition coefficient (Wildman–Crippen LogP) is 2.36. The van der Waals surface area contributed by atoms with Crippen LogP contribution >= 0.6 is 0 Å². The van der Waals surface area contributed by atoms with Crippen LogP contribution in [0.3, 0.4) is 0 Å². The summed E-state index contributed by atoms with van der Waals surface area (Å²) >= 11 is 0. The minimum Gasteiger partial charge on any atom is -0.384 e. The van der Waals surface area contributed by atoms with Gasteiger partial charge in [-0.3, -0.25) is 4.79 Å². The van der Waals surface area contributed by atoms with Crippen LogP contribution in [-0.2, 0) is 0 Å². The van der Waals surface area contributed by atoms with Crippen LogP contribution in [0.2, 0.25) is 0 Å². The van der Waals surface area contributed by atoms with E-state index >= 15 is 0 Å². The largest absolute Gasteiger partial charge is 0.384 e. The van der Waals surface area contributed by atoms with Crippen LogP contribution in [0, 0.1) is 5.41 Å². The first kappa shape index (κ1) is 12.9. The molecular weight excluding hydrogens is 226 g/mol. The molecule has 1 aromatic heterocycles. The normalized spacial score (nSPS) is 19.4. The van der Waals surface area contributed by atoms with Crippen LogP contribution in [0.1, 0.15) is 49.9 Å². The Labute approximate surface area is 108 Å². The summed E-state index contributed by atoms with van der Waals surface area (Å²) in [6.07, 6.45) is 6.00. The van der Waals surface area contributed by atoms with E-state index in [9.17, 15) is 4.79 Å². The van der Waals surface area contributed by atoms with E-state index in [1.54, 1.807) is 18.3 Å². The van der Waals surface area contributed by atoms with Crippen LogP contribution in [0.4, 0.5) is 5.82 Å². The van der Waals surface area contributed by atoms with Crippen molar-refractivity contribution in [2.24, 2.45) is 5.41 Å². The summed E-state index contributed by atoms with van der Waals surface area (Å²) in [4.78, 5) is 15.9. The number of hydrogen-bond acceptors (Lipinski definition) is 3. The molecule has 3 N–H and O–H groups in total. The maximum Gasteiger partial charge on any atom is 0.251 e. The lowest BCUT2D eigenvalue weighted by Crippen LogP contribution is -2.39. The zero-order valence-corrected chi connectivity index (χ0v) is 11.1. The summed E-state index contributed by atoms with van der Waals surface area (Å²) in [5.74, 6) is 0.334. The lowest BCUT2D eigenvalue weighted by molar-refractivity contribution is 0.0909. The first-order valence-electron chi connectivity index (χ1n) is 6.49. The lowest BCUT2D eigenvalue weighted by Gasteiger charge is -2.34. The number of anilines is 1. The molecular formula is C14H21N3O. The van der Waals surface area contributed by atoms with Gasteiger partial charge in [-0.25, -0.2) is 4.98 Å². The second-order valence-electron chi connectivity index (χ2n) is 5.88. The first-order chi connectivity index (χ1) is 8.46. The maximum absolute atomic E-state index is 12.0. The van der Waals surface area contributed by atoms with E-state index in [0.29, 0.717) is 22.8 Å². The van der Waals surface area contributed by atoms with Crippen molar-refractivity contribution in [2.75, 3.05) is 5.73 Å². The van der Waals surface area contributed by atoms with Gasteiger partial charge in [-0.1, -0.05) is 13.8 Å². The van der Waals surface area contributed by atoms with Crippen molar-refractivity contribution in [3.63, 3.8) is 0 Å². The molecule has 1 aromatic rings. The molecule has 98 valence electrons. The van der Waals surface area contributed by atoms with Gasteiger partial charge in [0.15, 0.2) is 0 Å². The van der Waals surface area contributed by atoms with Crippen molar-refractivity contribution in [3.8, 4) is 0 Å². The van der Waals surface area contributed by atoms with Gasteiger partial charge in [0.2, 0.25) is 0 Å². The van der Waals surface area contributed by atoms with Gasteiger partial charge in [-0.2, -0.15) is 0 Å². The van der Waals surface area contributed by atoms with Crippen molar-refractivity contribution < 1.29 is 4.79 Å². The number of amides is 1. The number of rotatable bonds is 2. The average Bonchev–Trinajstić information content (AvgIpc) is 2.32. The number of pyridine rings is 1. The Morgan fingerprint density at radius 3 is 2.72 bits per heavy atom. The first-order valence-corrected chi connectivity index (χ1v) is 6.49. The van der Waals surface area contributed by atoms with Crippen molar-refractivity contribution in [1.29, 1.82) is 0 Å². The fourth-order valence-electron chi connectivity index (χ4n) is 2.40. The Kier molecular flexibility index (Phi) is 3.55. The molecule has 1 saturated carbocycles. The van der Waals surface area contributed by atoms with Crippen molar-refractivity contribution in [1.82, 2.24) is 10.3 Å². The number of nitrogens with one attached hydrogen (secondary N) is 1. The number of carbonyl (C=O) groups excluding carboxylic acids is 1. The molecule has 1 aliphatic carbocycles. The zero-order chi connectivity index (χ0) is 13.2. The smallest absolute Gasteiger partial charge is 0.251 e. The molecule has 4 heteroatoms. The fourth-order valence-corrected chi connectivity index (χ4v) is 2.40. The summed E-state index contributed by atoms with van der Waals surface area (Å²) in [6, 6.07) is 3.60. The minimum absolute atomic E-state index is 0.0474. The number of nitrogen functional groups attached to an aromatic ring is 1. The molecule has 0 aromatic carbocycles. The SMILES string of the molecule is CC1(C)CCC(NC(=O)c2ccnc(N)c2)CC1. The Hall–Kier alpha value is -1.58. The zero-order valence-electron chi connectivity index (χ0n) is 11.1. The highest BCUT2D eigenvalue weighted by Crippen LogP contribution is 2.35. The van der Waals surface area contributed by atoms with Crippen LogP contribution in [-0.4, -0.2) is 16.9 Å². The van der Waals surface area contributed by atoms with E-state index in [0.717, 1.165) is 25.7 Å². The molecule has 0 bridgehead atoms. The molecule has 0 radical (unpaired) electrons. The Morgan fingerprint density at radius 1 is 1.44 bits per heavy atom. The molecule has 1 fully saturated rings. The van der Waals surface area contributed by atoms with E-state index < -0.39 is 0 Å². The third kappa shape index (κ3) is 3.22. The lowest BCUT2D eigenvalue weighted by atomic mass is 9.75. The van der Waals surface area contributed by atoms with Gasteiger partial charge in [0.25, 0.3) is 5.91 Å². The number of hydrogen-bond donors (Lipinski definition) is 2. The van der Waals surface area contributed by atoms with Crippen LogP contribution in [0.15, 0.2) is 18.3 Å². The number of nitrogens with two attached hydrogens (primary N) is 1. The molecule has 1 heterocycles. The topological polar surface area (TPSA) is 68.0 Å². The highest BCUT2D eigenvalue weighted by atomic mass is 16.1. The number of aromatic nitrogens is 1. The molecule has 0 atom stereocenters. The average molecular weight is 247 g/mol. The highest BCUT2D eigenvalue weighted by molar-refractivity contribution is 5.94. The number of nitrogens with zero attached hydrogens (tertiary/aromatic N) is 1. The third-order valence-corrected chi connectivity index (χ3v) is 3.72. The Balaban J connectivity index is 1.93. The van der Waals surface area contributed by atoms with Gasteiger partial charge >= 0.3 is 0 Å². The minimum atomic E-state index is -0.0474. The summed E-state index contributed by atoms with van der Waals surface area (Å²) in [5, 5.41) is 3.08. The van der Waals surface area contributed by atoms with E-state index in [2.05, 4.69) is 24.1 Å². The predicted molar refractivity (Wildman–Crippen MR) is 72.2 cm³/mol. The maximum atomic E-state index is 12.0. The molecule has 0 saturated heterocycles. The van der Waals surface area contributed by atoms with Crippen molar-refractivity contribution >= 4 is 11.7 Å². The standard InChI is InChI=1S/C14H21N3O/c1-14(2)6-3-11(4-7-14)17-13(18)10-5-8-16-12(15)9-10/h5,8-9,11H,3-4,6-7H2,1-2H3,(H2,15,16)(H,17,18). The van der Waals surface area contributed by atoms with Crippen molar-refractivity contribution in [3.05, 3.63) is 23.9 Å². The molecule has 0 unspecified atom stereocenters. The highest BCUT2D eigenvalue weighted by Gasteiger charge is 2.27. The second kappa shape index (κ2) is 4.96. The van der Waals surface area contributed by atoms with E-state index in [1.165, 1.54) is 0 Å². The van der Waals surface area contributed by atoms with Gasteiger partial charge in [0, 0.05) is 17.8 Å². The van der Waals surface area contributed by atoms with E-state index in [1.807, 2.05) is 0 Å². The molecule has 1 aliphatic rings. The Bertz CT molecular complexity index is 432. The van der Waals surface area contributed by atoms with Crippen molar-refractivity contribution in [2.45, 2.75) is 45.6 Å². The third-order valence-electron chi connectivity index (χ3n) is 3.72. The molecule has 0 spiro atoms. The summed E-state index contributed by atoms with van der Waals surface area (Å²) in [5.41, 5.74) is 6.58. The van der Waals surface area contributed by atoms with Gasteiger partial charge < -0.3 is 11.1 Å². The fraction of sp³-hybridized carbons (Fsp3) is 0.571. The molecule has 0 aliphatic heterocycles. The van der Waals surface area contributed by atoms with Crippen LogP contribution < -0.4 is 11.1 Å².